The van der Waals surface area contributed by atoms with Gasteiger partial charge in [0.1, 0.15) is 19.2 Å². The van der Waals surface area contributed by atoms with Gasteiger partial charge in [-0.1, -0.05) is 77.6 Å². The Bertz CT molecular complexity index is 237. The summed E-state index contributed by atoms with van der Waals surface area (Å²) < 4.78 is 0.704. The van der Waals surface area contributed by atoms with E-state index in [-0.39, 0.29) is 29.7 Å². The number of likely N-dealkylation sites (N-methyl/N-ethyl adjacent to an activating group) is 1. The first-order chi connectivity index (χ1) is 10.5. The fraction of sp³-hybridized carbons (Fsp3) is 1.00. The SMILES string of the molecule is CCCCCCCCCCCCCC(O)C[N+](C)(C)CCO.[Br-]. The molecule has 23 heavy (non-hydrogen) atoms. The van der Waals surface area contributed by atoms with Crippen LogP contribution in [0.4, 0.5) is 0 Å². The molecule has 0 saturated heterocycles. The lowest BCUT2D eigenvalue weighted by atomic mass is 10.0. The van der Waals surface area contributed by atoms with Crippen LogP contribution >= 0.6 is 0 Å². The molecule has 0 bridgehead atoms. The van der Waals surface area contributed by atoms with Crippen LogP contribution in [0.15, 0.2) is 0 Å². The summed E-state index contributed by atoms with van der Waals surface area (Å²) >= 11 is 0. The van der Waals surface area contributed by atoms with Crippen molar-refractivity contribution in [3.8, 4) is 0 Å². The molecule has 0 heterocycles. The van der Waals surface area contributed by atoms with Gasteiger partial charge in [-0.25, -0.2) is 0 Å². The number of quaternary nitrogens is 1. The first-order valence-electron chi connectivity index (χ1n) is 9.62. The normalized spacial score (nSPS) is 12.9. The van der Waals surface area contributed by atoms with Gasteiger partial charge in [-0.3, -0.25) is 0 Å². The molecule has 2 N–H and O–H groups in total. The summed E-state index contributed by atoms with van der Waals surface area (Å²) in [5, 5.41) is 19.1. The van der Waals surface area contributed by atoms with Gasteiger partial charge in [0.05, 0.1) is 20.7 Å². The molecule has 1 atom stereocenters. The second kappa shape index (κ2) is 17.2. The molecule has 0 amide bonds. The Kier molecular flexibility index (Phi) is 19.1. The van der Waals surface area contributed by atoms with Crippen molar-refractivity contribution in [1.29, 1.82) is 0 Å². The minimum absolute atomic E-state index is 0. The van der Waals surface area contributed by atoms with E-state index in [1.54, 1.807) is 0 Å². The lowest BCUT2D eigenvalue weighted by molar-refractivity contribution is -0.893. The maximum absolute atomic E-state index is 10.1. The fourth-order valence-electron chi connectivity index (χ4n) is 3.07. The molecule has 0 fully saturated rings. The van der Waals surface area contributed by atoms with Gasteiger partial charge in [-0.05, 0) is 6.42 Å². The van der Waals surface area contributed by atoms with E-state index in [2.05, 4.69) is 21.0 Å². The zero-order valence-electron chi connectivity index (χ0n) is 15.9. The zero-order chi connectivity index (χ0) is 16.7. The minimum atomic E-state index is -0.222. The van der Waals surface area contributed by atoms with E-state index in [0.29, 0.717) is 4.48 Å². The highest BCUT2D eigenvalue weighted by Crippen LogP contribution is 2.13. The van der Waals surface area contributed by atoms with Gasteiger partial charge in [0.15, 0.2) is 0 Å². The molecule has 0 aromatic rings. The molecule has 0 rings (SSSR count). The summed E-state index contributed by atoms with van der Waals surface area (Å²) in [5.74, 6) is 0. The summed E-state index contributed by atoms with van der Waals surface area (Å²) in [6, 6.07) is 0. The highest BCUT2D eigenvalue weighted by molar-refractivity contribution is 4.56. The van der Waals surface area contributed by atoms with Gasteiger partial charge >= 0.3 is 0 Å². The number of hydrogen-bond donors (Lipinski definition) is 2. The molecule has 0 radical (unpaired) electrons. The maximum Gasteiger partial charge on any atom is 0.105 e. The van der Waals surface area contributed by atoms with Crippen molar-refractivity contribution >= 4 is 0 Å². The number of nitrogens with zero attached hydrogens (tertiary/aromatic N) is 1. The van der Waals surface area contributed by atoms with Crippen molar-refractivity contribution in [2.45, 2.75) is 90.1 Å². The van der Waals surface area contributed by atoms with Gasteiger partial charge in [0.2, 0.25) is 0 Å². The van der Waals surface area contributed by atoms with Crippen LogP contribution < -0.4 is 17.0 Å². The van der Waals surface area contributed by atoms with Crippen molar-refractivity contribution in [2.24, 2.45) is 0 Å². The first-order valence-corrected chi connectivity index (χ1v) is 9.62. The molecule has 0 spiro atoms. The molecule has 1 unspecified atom stereocenters. The highest BCUT2D eigenvalue weighted by atomic mass is 79.9. The number of halogens is 1. The second-order valence-corrected chi connectivity index (χ2v) is 7.54. The Hall–Kier alpha value is 0.360. The third kappa shape index (κ3) is 18.5. The van der Waals surface area contributed by atoms with E-state index in [0.717, 1.165) is 25.9 Å². The topological polar surface area (TPSA) is 40.5 Å². The first kappa shape index (κ1) is 25.6. The van der Waals surface area contributed by atoms with Gasteiger partial charge in [-0.2, -0.15) is 0 Å². The maximum atomic E-state index is 10.1. The van der Waals surface area contributed by atoms with Crippen LogP contribution in [0.3, 0.4) is 0 Å². The predicted molar refractivity (Wildman–Crippen MR) is 96.0 cm³/mol. The van der Waals surface area contributed by atoms with Crippen LogP contribution in [-0.4, -0.2) is 54.6 Å². The molecule has 0 aliphatic rings. The summed E-state index contributed by atoms with van der Waals surface area (Å²) in [4.78, 5) is 0. The molecule has 0 saturated carbocycles. The molecule has 0 aliphatic heterocycles. The van der Waals surface area contributed by atoms with Crippen LogP contribution in [0.1, 0.15) is 84.0 Å². The molecule has 142 valence electrons. The van der Waals surface area contributed by atoms with E-state index >= 15 is 0 Å². The third-order valence-corrected chi connectivity index (χ3v) is 4.55. The van der Waals surface area contributed by atoms with Crippen LogP contribution in [0.2, 0.25) is 0 Å². The Morgan fingerprint density at radius 2 is 1.22 bits per heavy atom. The molecule has 0 aromatic heterocycles. The number of unbranched alkanes of at least 4 members (excludes halogenated alkanes) is 10. The standard InChI is InChI=1S/C19H42NO2.BrH/c1-4-5-6-7-8-9-10-11-12-13-14-15-19(22)18-20(2,3)16-17-21;/h19,21-22H,4-18H2,1-3H3;1H/q+1;/p-1. The van der Waals surface area contributed by atoms with Crippen molar-refractivity contribution in [2.75, 3.05) is 33.8 Å². The summed E-state index contributed by atoms with van der Waals surface area (Å²) in [6.45, 7) is 3.93. The molecule has 3 nitrogen and oxygen atoms in total. The zero-order valence-corrected chi connectivity index (χ0v) is 17.5. The average molecular weight is 396 g/mol. The van der Waals surface area contributed by atoms with Crippen LogP contribution in [-0.2, 0) is 0 Å². The van der Waals surface area contributed by atoms with E-state index in [1.807, 2.05) is 0 Å². The smallest absolute Gasteiger partial charge is 0.105 e. The quantitative estimate of drug-likeness (QED) is 0.303. The molecular weight excluding hydrogens is 354 g/mol. The number of hydrogen-bond acceptors (Lipinski definition) is 2. The van der Waals surface area contributed by atoms with Crippen molar-refractivity contribution in [3.05, 3.63) is 0 Å². The Labute approximate surface area is 155 Å². The minimum Gasteiger partial charge on any atom is -1.00 e. The third-order valence-electron chi connectivity index (χ3n) is 4.55. The Balaban J connectivity index is 0. The van der Waals surface area contributed by atoms with Crippen LogP contribution in [0, 0.1) is 0 Å². The highest BCUT2D eigenvalue weighted by Gasteiger charge is 2.19. The van der Waals surface area contributed by atoms with Crippen LogP contribution in [0.25, 0.3) is 0 Å². The Morgan fingerprint density at radius 1 is 0.783 bits per heavy atom. The van der Waals surface area contributed by atoms with E-state index in [4.69, 9.17) is 5.11 Å². The monoisotopic (exact) mass is 395 g/mol. The lowest BCUT2D eigenvalue weighted by Crippen LogP contribution is -3.00. The summed E-state index contributed by atoms with van der Waals surface area (Å²) in [5.41, 5.74) is 0. The molecular formula is C19H42BrNO2. The van der Waals surface area contributed by atoms with E-state index in [9.17, 15) is 5.11 Å². The van der Waals surface area contributed by atoms with Crippen molar-refractivity contribution in [1.82, 2.24) is 0 Å². The average Bonchev–Trinajstić information content (AvgIpc) is 2.44. The van der Waals surface area contributed by atoms with Gasteiger partial charge in [0.25, 0.3) is 0 Å². The molecule has 4 heteroatoms. The van der Waals surface area contributed by atoms with Crippen molar-refractivity contribution < 1.29 is 31.7 Å². The van der Waals surface area contributed by atoms with Gasteiger partial charge < -0.3 is 31.7 Å². The van der Waals surface area contributed by atoms with Crippen molar-refractivity contribution in [3.63, 3.8) is 0 Å². The van der Waals surface area contributed by atoms with Gasteiger partial charge in [0, 0.05) is 0 Å². The van der Waals surface area contributed by atoms with E-state index < -0.39 is 0 Å². The van der Waals surface area contributed by atoms with E-state index in [1.165, 1.54) is 64.2 Å². The number of aliphatic hydroxyl groups excluding tert-OH is 2. The van der Waals surface area contributed by atoms with Gasteiger partial charge in [-0.15, -0.1) is 0 Å². The number of rotatable bonds is 16. The predicted octanol–water partition coefficient (Wildman–Crippen LogP) is 1.12. The fourth-order valence-corrected chi connectivity index (χ4v) is 3.07. The molecule has 0 aliphatic carbocycles. The summed E-state index contributed by atoms with van der Waals surface area (Å²) in [6.07, 6.45) is 15.5. The van der Waals surface area contributed by atoms with Crippen LogP contribution in [0.5, 0.6) is 0 Å². The second-order valence-electron chi connectivity index (χ2n) is 7.54. The largest absolute Gasteiger partial charge is 1.00 e. The lowest BCUT2D eigenvalue weighted by Gasteiger charge is -2.31. The number of aliphatic hydroxyl groups is 2. The summed E-state index contributed by atoms with van der Waals surface area (Å²) in [7, 11) is 4.14. The Morgan fingerprint density at radius 3 is 1.65 bits per heavy atom. The molecule has 0 aromatic carbocycles.